The second-order valence-electron chi connectivity index (χ2n) is 4.61. The third kappa shape index (κ3) is 2.46. The Kier molecular flexibility index (Phi) is 3.41. The summed E-state index contributed by atoms with van der Waals surface area (Å²) in [6.45, 7) is 3.08. The molecule has 0 radical (unpaired) electrons. The number of hydrogen-bond donors (Lipinski definition) is 1. The van der Waals surface area contributed by atoms with Gasteiger partial charge in [0.15, 0.2) is 0 Å². The summed E-state index contributed by atoms with van der Waals surface area (Å²) in [4.78, 5) is 7.72. The molecule has 1 aromatic carbocycles. The van der Waals surface area contributed by atoms with Gasteiger partial charge in [-0.15, -0.1) is 11.3 Å². The van der Waals surface area contributed by atoms with Gasteiger partial charge in [-0.2, -0.15) is 0 Å². The highest BCUT2D eigenvalue weighted by molar-refractivity contribution is 7.11. The van der Waals surface area contributed by atoms with E-state index in [-0.39, 0.29) is 6.61 Å². The summed E-state index contributed by atoms with van der Waals surface area (Å²) in [5.41, 5.74) is 2.91. The molecule has 0 saturated heterocycles. The number of thiazole rings is 1. The van der Waals surface area contributed by atoms with Gasteiger partial charge < -0.3 is 5.11 Å². The average Bonchev–Trinajstić information content (AvgIpc) is 2.86. The van der Waals surface area contributed by atoms with Gasteiger partial charge in [-0.25, -0.2) is 4.98 Å². The minimum absolute atomic E-state index is 0.0977. The summed E-state index contributed by atoms with van der Waals surface area (Å²) in [7, 11) is 0. The molecule has 2 heterocycles. The molecular weight excluding hydrogens is 244 g/mol. The summed E-state index contributed by atoms with van der Waals surface area (Å²) in [6.07, 6.45) is 2.90. The summed E-state index contributed by atoms with van der Waals surface area (Å²) >= 11 is 1.61. The summed E-state index contributed by atoms with van der Waals surface area (Å²) in [6, 6.07) is 8.65. The normalized spacial score (nSPS) is 15.6. The van der Waals surface area contributed by atoms with Crippen LogP contribution in [0.3, 0.4) is 0 Å². The van der Waals surface area contributed by atoms with Crippen LogP contribution in [-0.4, -0.2) is 21.5 Å². The van der Waals surface area contributed by atoms with Crippen LogP contribution in [0.1, 0.15) is 21.0 Å². The van der Waals surface area contributed by atoms with Gasteiger partial charge in [0.1, 0.15) is 5.01 Å². The van der Waals surface area contributed by atoms with E-state index in [0.717, 1.165) is 35.9 Å². The Morgan fingerprint density at radius 1 is 1.28 bits per heavy atom. The Morgan fingerprint density at radius 2 is 2.11 bits per heavy atom. The molecule has 94 valence electrons. The van der Waals surface area contributed by atoms with Crippen LogP contribution in [0.2, 0.25) is 0 Å². The van der Waals surface area contributed by atoms with E-state index in [4.69, 9.17) is 5.11 Å². The van der Waals surface area contributed by atoms with Crippen LogP contribution in [0.4, 0.5) is 0 Å². The third-order valence-corrected chi connectivity index (χ3v) is 4.29. The number of rotatable bonds is 3. The molecule has 0 fully saturated rings. The van der Waals surface area contributed by atoms with E-state index in [1.165, 1.54) is 11.1 Å². The van der Waals surface area contributed by atoms with Gasteiger partial charge in [0, 0.05) is 19.3 Å². The smallest absolute Gasteiger partial charge is 0.107 e. The standard InChI is InChI=1S/C14H16N2OS/c17-10-13-7-15-14(18-13)9-16-6-5-11-3-1-2-4-12(11)8-16/h1-4,7,17H,5-6,8-10H2. The van der Waals surface area contributed by atoms with E-state index in [1.807, 2.05) is 0 Å². The maximum Gasteiger partial charge on any atom is 0.107 e. The summed E-state index contributed by atoms with van der Waals surface area (Å²) in [5.74, 6) is 0. The molecule has 0 unspecified atom stereocenters. The highest BCUT2D eigenvalue weighted by Gasteiger charge is 2.16. The zero-order chi connectivity index (χ0) is 12.4. The van der Waals surface area contributed by atoms with E-state index in [0.29, 0.717) is 0 Å². The van der Waals surface area contributed by atoms with Crippen LogP contribution in [-0.2, 0) is 26.1 Å². The van der Waals surface area contributed by atoms with Crippen LogP contribution in [0.25, 0.3) is 0 Å². The minimum atomic E-state index is 0.0977. The van der Waals surface area contributed by atoms with E-state index < -0.39 is 0 Å². The molecule has 2 aromatic rings. The van der Waals surface area contributed by atoms with Crippen LogP contribution < -0.4 is 0 Å². The maximum absolute atomic E-state index is 9.04. The van der Waals surface area contributed by atoms with Crippen LogP contribution in [0.15, 0.2) is 30.5 Å². The van der Waals surface area contributed by atoms with Crippen LogP contribution in [0, 0.1) is 0 Å². The average molecular weight is 260 g/mol. The Bertz CT molecular complexity index is 538. The van der Waals surface area contributed by atoms with Crippen molar-refractivity contribution in [2.45, 2.75) is 26.1 Å². The Labute approximate surface area is 111 Å². The van der Waals surface area contributed by atoms with Crippen LogP contribution in [0.5, 0.6) is 0 Å². The molecular formula is C14H16N2OS. The van der Waals surface area contributed by atoms with Crippen molar-refractivity contribution in [3.05, 3.63) is 51.5 Å². The topological polar surface area (TPSA) is 36.4 Å². The number of aliphatic hydroxyl groups excluding tert-OH is 1. The molecule has 3 nitrogen and oxygen atoms in total. The second kappa shape index (κ2) is 5.18. The van der Waals surface area contributed by atoms with Crippen molar-refractivity contribution < 1.29 is 5.11 Å². The van der Waals surface area contributed by atoms with Crippen molar-refractivity contribution in [1.82, 2.24) is 9.88 Å². The van der Waals surface area contributed by atoms with Crippen molar-refractivity contribution in [1.29, 1.82) is 0 Å². The largest absolute Gasteiger partial charge is 0.391 e. The first-order valence-electron chi connectivity index (χ1n) is 6.19. The van der Waals surface area contributed by atoms with Crippen molar-refractivity contribution in [3.8, 4) is 0 Å². The molecule has 1 aliphatic rings. The lowest BCUT2D eigenvalue weighted by Gasteiger charge is -2.27. The molecule has 0 saturated carbocycles. The predicted octanol–water partition coefficient (Wildman–Crippen LogP) is 2.19. The Hall–Kier alpha value is -1.23. The first-order chi connectivity index (χ1) is 8.85. The third-order valence-electron chi connectivity index (χ3n) is 3.33. The molecule has 3 rings (SSSR count). The van der Waals surface area contributed by atoms with Gasteiger partial charge in [-0.05, 0) is 17.5 Å². The SMILES string of the molecule is OCc1cnc(CN2CCc3ccccc3C2)s1. The van der Waals surface area contributed by atoms with Gasteiger partial charge in [-0.3, -0.25) is 4.90 Å². The van der Waals surface area contributed by atoms with Gasteiger partial charge in [0.25, 0.3) is 0 Å². The quantitative estimate of drug-likeness (QED) is 0.919. The molecule has 0 spiro atoms. The first-order valence-corrected chi connectivity index (χ1v) is 7.00. The molecule has 0 amide bonds. The molecule has 4 heteroatoms. The number of aliphatic hydroxyl groups is 1. The lowest BCUT2D eigenvalue weighted by Crippen LogP contribution is -2.29. The number of fused-ring (bicyclic) bond motifs is 1. The molecule has 18 heavy (non-hydrogen) atoms. The van der Waals surface area contributed by atoms with Crippen molar-refractivity contribution >= 4 is 11.3 Å². The molecule has 1 N–H and O–H groups in total. The fourth-order valence-electron chi connectivity index (χ4n) is 2.37. The maximum atomic E-state index is 9.04. The molecule has 1 aromatic heterocycles. The fourth-order valence-corrected chi connectivity index (χ4v) is 3.20. The fraction of sp³-hybridized carbons (Fsp3) is 0.357. The number of aromatic nitrogens is 1. The van der Waals surface area contributed by atoms with E-state index in [9.17, 15) is 0 Å². The summed E-state index contributed by atoms with van der Waals surface area (Å²) in [5, 5.41) is 10.1. The molecule has 0 aliphatic carbocycles. The molecule has 0 bridgehead atoms. The highest BCUT2D eigenvalue weighted by atomic mass is 32.1. The molecule has 1 aliphatic heterocycles. The van der Waals surface area contributed by atoms with E-state index in [1.54, 1.807) is 17.5 Å². The van der Waals surface area contributed by atoms with E-state index >= 15 is 0 Å². The van der Waals surface area contributed by atoms with E-state index in [2.05, 4.69) is 34.1 Å². The Morgan fingerprint density at radius 3 is 2.89 bits per heavy atom. The van der Waals surface area contributed by atoms with Gasteiger partial charge in [-0.1, -0.05) is 24.3 Å². The lowest BCUT2D eigenvalue weighted by atomic mass is 10.0. The second-order valence-corrected chi connectivity index (χ2v) is 5.81. The number of nitrogens with zero attached hydrogens (tertiary/aromatic N) is 2. The lowest BCUT2D eigenvalue weighted by molar-refractivity contribution is 0.245. The number of hydrogen-bond acceptors (Lipinski definition) is 4. The zero-order valence-corrected chi connectivity index (χ0v) is 11.0. The monoisotopic (exact) mass is 260 g/mol. The summed E-state index contributed by atoms with van der Waals surface area (Å²) < 4.78 is 0. The van der Waals surface area contributed by atoms with Crippen molar-refractivity contribution in [3.63, 3.8) is 0 Å². The van der Waals surface area contributed by atoms with Crippen LogP contribution >= 0.6 is 11.3 Å². The first kappa shape index (κ1) is 11.8. The zero-order valence-electron chi connectivity index (χ0n) is 10.2. The Balaban J connectivity index is 1.69. The van der Waals surface area contributed by atoms with Crippen molar-refractivity contribution in [2.24, 2.45) is 0 Å². The van der Waals surface area contributed by atoms with Gasteiger partial charge >= 0.3 is 0 Å². The minimum Gasteiger partial charge on any atom is -0.391 e. The van der Waals surface area contributed by atoms with Gasteiger partial charge in [0.2, 0.25) is 0 Å². The predicted molar refractivity (Wildman–Crippen MR) is 72.3 cm³/mol. The van der Waals surface area contributed by atoms with Crippen molar-refractivity contribution in [2.75, 3.05) is 6.54 Å². The number of benzene rings is 1. The molecule has 0 atom stereocenters. The van der Waals surface area contributed by atoms with Gasteiger partial charge in [0.05, 0.1) is 18.0 Å². The highest BCUT2D eigenvalue weighted by Crippen LogP contribution is 2.21.